The molecule has 17 heavy (non-hydrogen) atoms. The summed E-state index contributed by atoms with van der Waals surface area (Å²) in [5, 5.41) is 2.41. The Bertz CT molecular complexity index is 532. The van der Waals surface area contributed by atoms with Gasteiger partial charge in [-0.2, -0.15) is 0 Å². The van der Waals surface area contributed by atoms with Crippen molar-refractivity contribution >= 4 is 34.1 Å². The van der Waals surface area contributed by atoms with Crippen molar-refractivity contribution in [2.75, 3.05) is 6.54 Å². The number of aryl methyl sites for hydroxylation is 1. The van der Waals surface area contributed by atoms with Crippen LogP contribution in [-0.4, -0.2) is 11.1 Å². The van der Waals surface area contributed by atoms with Gasteiger partial charge in [0.25, 0.3) is 0 Å². The second-order valence-corrected chi connectivity index (χ2v) is 4.93. The van der Waals surface area contributed by atoms with Gasteiger partial charge in [-0.3, -0.25) is 0 Å². The minimum atomic E-state index is 0.595. The topological polar surface area (TPSA) is 30.9 Å². The van der Waals surface area contributed by atoms with Gasteiger partial charge in [-0.25, -0.2) is 0 Å². The van der Waals surface area contributed by atoms with Gasteiger partial charge in [-0.05, 0) is 18.1 Å². The first-order chi connectivity index (χ1) is 8.19. The molecule has 0 aliphatic carbocycles. The highest BCUT2D eigenvalue weighted by atomic mass is 35.5. The van der Waals surface area contributed by atoms with Gasteiger partial charge in [0.05, 0.1) is 15.6 Å². The van der Waals surface area contributed by atoms with Gasteiger partial charge >= 0.3 is 0 Å². The second kappa shape index (κ2) is 5.30. The van der Waals surface area contributed by atoms with Gasteiger partial charge in [-0.1, -0.05) is 42.6 Å². The zero-order valence-corrected chi connectivity index (χ0v) is 11.4. The molecule has 0 saturated heterocycles. The lowest BCUT2D eigenvalue weighted by Crippen LogP contribution is -2.08. The van der Waals surface area contributed by atoms with Gasteiger partial charge in [0, 0.05) is 24.7 Å². The summed E-state index contributed by atoms with van der Waals surface area (Å²) in [6, 6.07) is 3.90. The van der Waals surface area contributed by atoms with Gasteiger partial charge in [-0.15, -0.1) is 0 Å². The Hall–Kier alpha value is -0.700. The maximum Gasteiger partial charge on any atom is 0.0835 e. The van der Waals surface area contributed by atoms with Crippen LogP contribution < -0.4 is 5.73 Å². The fourth-order valence-electron chi connectivity index (χ4n) is 2.19. The first-order valence-electron chi connectivity index (χ1n) is 5.84. The average Bonchev–Trinajstić information content (AvgIpc) is 2.64. The lowest BCUT2D eigenvalue weighted by Gasteiger charge is -2.05. The van der Waals surface area contributed by atoms with E-state index in [4.69, 9.17) is 28.9 Å². The predicted molar refractivity (Wildman–Crippen MR) is 75.0 cm³/mol. The van der Waals surface area contributed by atoms with Crippen molar-refractivity contribution in [3.63, 3.8) is 0 Å². The molecule has 4 heteroatoms. The summed E-state index contributed by atoms with van der Waals surface area (Å²) >= 11 is 12.4. The summed E-state index contributed by atoms with van der Waals surface area (Å²) in [6.07, 6.45) is 4.30. The summed E-state index contributed by atoms with van der Waals surface area (Å²) in [5.41, 5.74) is 7.95. The van der Waals surface area contributed by atoms with E-state index in [1.54, 1.807) is 0 Å². The van der Waals surface area contributed by atoms with Crippen molar-refractivity contribution in [1.29, 1.82) is 0 Å². The Kier molecular flexibility index (Phi) is 3.97. The van der Waals surface area contributed by atoms with Crippen molar-refractivity contribution in [2.24, 2.45) is 5.73 Å². The number of halogens is 2. The molecular formula is C13H16Cl2N2. The van der Waals surface area contributed by atoms with Crippen LogP contribution in [0.1, 0.15) is 18.9 Å². The Morgan fingerprint density at radius 3 is 2.71 bits per heavy atom. The largest absolute Gasteiger partial charge is 0.345 e. The summed E-state index contributed by atoms with van der Waals surface area (Å²) in [4.78, 5) is 0. The monoisotopic (exact) mass is 270 g/mol. The molecule has 0 spiro atoms. The molecule has 1 heterocycles. The predicted octanol–water partition coefficient (Wildman–Crippen LogP) is 3.86. The van der Waals surface area contributed by atoms with Gasteiger partial charge in [0.1, 0.15) is 0 Å². The van der Waals surface area contributed by atoms with E-state index in [9.17, 15) is 0 Å². The molecule has 2 rings (SSSR count). The van der Waals surface area contributed by atoms with E-state index in [2.05, 4.69) is 17.7 Å². The minimum absolute atomic E-state index is 0.595. The fourth-order valence-corrected chi connectivity index (χ4v) is 2.61. The number of aromatic nitrogens is 1. The minimum Gasteiger partial charge on any atom is -0.345 e. The zero-order valence-electron chi connectivity index (χ0n) is 9.84. The van der Waals surface area contributed by atoms with Gasteiger partial charge in [0.15, 0.2) is 0 Å². The maximum absolute atomic E-state index is 6.29. The molecule has 0 fully saturated rings. The van der Waals surface area contributed by atoms with Crippen LogP contribution in [0, 0.1) is 0 Å². The van der Waals surface area contributed by atoms with Crippen molar-refractivity contribution < 1.29 is 0 Å². The number of hydrogen-bond donors (Lipinski definition) is 1. The molecule has 0 radical (unpaired) electrons. The third-order valence-corrected chi connectivity index (χ3v) is 3.70. The number of nitrogens with two attached hydrogens (primary N) is 1. The number of rotatable bonds is 4. The lowest BCUT2D eigenvalue weighted by atomic mass is 10.1. The molecule has 1 aromatic carbocycles. The molecule has 0 aliphatic heterocycles. The molecule has 92 valence electrons. The molecule has 1 aromatic heterocycles. The van der Waals surface area contributed by atoms with E-state index in [1.165, 1.54) is 10.9 Å². The molecule has 0 bridgehead atoms. The Balaban J connectivity index is 2.67. The Morgan fingerprint density at radius 2 is 2.06 bits per heavy atom. The quantitative estimate of drug-likeness (QED) is 0.899. The zero-order chi connectivity index (χ0) is 12.4. The summed E-state index contributed by atoms with van der Waals surface area (Å²) < 4.78 is 2.11. The highest BCUT2D eigenvalue weighted by molar-refractivity contribution is 6.45. The van der Waals surface area contributed by atoms with Crippen LogP contribution >= 0.6 is 23.2 Å². The Labute approximate surface area is 111 Å². The van der Waals surface area contributed by atoms with Crippen LogP contribution in [0.25, 0.3) is 10.9 Å². The van der Waals surface area contributed by atoms with Crippen LogP contribution in [0.4, 0.5) is 0 Å². The first-order valence-corrected chi connectivity index (χ1v) is 6.60. The van der Waals surface area contributed by atoms with E-state index in [0.29, 0.717) is 16.6 Å². The van der Waals surface area contributed by atoms with Crippen molar-refractivity contribution in [1.82, 2.24) is 4.57 Å². The molecular weight excluding hydrogens is 255 g/mol. The van der Waals surface area contributed by atoms with Gasteiger partial charge < -0.3 is 10.3 Å². The lowest BCUT2D eigenvalue weighted by molar-refractivity contribution is 0.731. The third kappa shape index (κ3) is 2.30. The van der Waals surface area contributed by atoms with E-state index < -0.39 is 0 Å². The van der Waals surface area contributed by atoms with E-state index in [0.717, 1.165) is 24.9 Å². The number of fused-ring (bicyclic) bond motifs is 1. The molecule has 0 aliphatic rings. The number of hydrogen-bond acceptors (Lipinski definition) is 1. The smallest absolute Gasteiger partial charge is 0.0835 e. The van der Waals surface area contributed by atoms with Gasteiger partial charge in [0.2, 0.25) is 0 Å². The average molecular weight is 271 g/mol. The third-order valence-electron chi connectivity index (χ3n) is 2.90. The van der Waals surface area contributed by atoms with Crippen molar-refractivity contribution in [3.8, 4) is 0 Å². The highest BCUT2D eigenvalue weighted by Gasteiger charge is 2.12. The normalized spacial score (nSPS) is 11.3. The fraction of sp³-hybridized carbons (Fsp3) is 0.385. The molecule has 2 aromatic rings. The number of benzene rings is 1. The standard InChI is InChI=1S/C13H16Cl2N2/c1-2-3-9-8-17(7-6-16)13-10(9)4-5-11(14)12(13)15/h4-5,8H,2-3,6-7,16H2,1H3. The Morgan fingerprint density at radius 1 is 1.29 bits per heavy atom. The number of nitrogens with zero attached hydrogens (tertiary/aromatic N) is 1. The molecule has 2 nitrogen and oxygen atoms in total. The summed E-state index contributed by atoms with van der Waals surface area (Å²) in [5.74, 6) is 0. The van der Waals surface area contributed by atoms with Crippen LogP contribution in [0.15, 0.2) is 18.3 Å². The second-order valence-electron chi connectivity index (χ2n) is 4.14. The highest BCUT2D eigenvalue weighted by Crippen LogP contribution is 2.34. The first kappa shape index (κ1) is 12.7. The summed E-state index contributed by atoms with van der Waals surface area (Å²) in [7, 11) is 0. The molecule has 2 N–H and O–H groups in total. The molecule has 0 atom stereocenters. The van der Waals surface area contributed by atoms with Crippen LogP contribution in [0.3, 0.4) is 0 Å². The van der Waals surface area contributed by atoms with E-state index in [1.807, 2.05) is 12.1 Å². The van der Waals surface area contributed by atoms with Crippen LogP contribution in [-0.2, 0) is 13.0 Å². The van der Waals surface area contributed by atoms with Crippen LogP contribution in [0.2, 0.25) is 10.0 Å². The van der Waals surface area contributed by atoms with Crippen molar-refractivity contribution in [2.45, 2.75) is 26.3 Å². The molecule has 0 unspecified atom stereocenters. The SMILES string of the molecule is CCCc1cn(CCN)c2c(Cl)c(Cl)ccc12. The van der Waals surface area contributed by atoms with E-state index in [-0.39, 0.29) is 0 Å². The van der Waals surface area contributed by atoms with E-state index >= 15 is 0 Å². The molecule has 0 saturated carbocycles. The van der Waals surface area contributed by atoms with Crippen molar-refractivity contribution in [3.05, 3.63) is 33.9 Å². The van der Waals surface area contributed by atoms with Crippen LogP contribution in [0.5, 0.6) is 0 Å². The molecule has 0 amide bonds. The maximum atomic E-state index is 6.29. The summed E-state index contributed by atoms with van der Waals surface area (Å²) in [6.45, 7) is 3.53.